The molecule has 128 valence electrons. The number of carbonyl (C=O) groups is 1. The van der Waals surface area contributed by atoms with Crippen LogP contribution >= 0.6 is 34.8 Å². The number of rotatable bonds is 4. The third kappa shape index (κ3) is 4.15. The average Bonchev–Trinajstić information content (AvgIpc) is 2.56. The van der Waals surface area contributed by atoms with Gasteiger partial charge in [-0.05, 0) is 31.2 Å². The minimum atomic E-state index is -0.393. The van der Waals surface area contributed by atoms with Gasteiger partial charge in [-0.25, -0.2) is 4.98 Å². The Labute approximate surface area is 159 Å². The topological polar surface area (TPSA) is 51.2 Å². The smallest absolute Gasteiger partial charge is 0.262 e. The van der Waals surface area contributed by atoms with E-state index in [4.69, 9.17) is 39.5 Å². The molecule has 0 atom stereocenters. The van der Waals surface area contributed by atoms with Crippen LogP contribution in [0.5, 0.6) is 5.75 Å². The SMILES string of the molecule is Cc1ccc2cccc(OCC(=O)Nc3c(Cl)cc(Cl)cc3Cl)c2n1. The second kappa shape index (κ2) is 7.48. The van der Waals surface area contributed by atoms with Gasteiger partial charge in [-0.2, -0.15) is 0 Å². The first-order valence-electron chi connectivity index (χ1n) is 7.37. The highest BCUT2D eigenvalue weighted by molar-refractivity contribution is 6.42. The highest BCUT2D eigenvalue weighted by Gasteiger charge is 2.13. The Balaban J connectivity index is 1.74. The Morgan fingerprint density at radius 3 is 2.56 bits per heavy atom. The summed E-state index contributed by atoms with van der Waals surface area (Å²) < 4.78 is 5.62. The first kappa shape index (κ1) is 17.8. The van der Waals surface area contributed by atoms with E-state index in [-0.39, 0.29) is 16.7 Å². The Hall–Kier alpha value is -2.01. The number of carbonyl (C=O) groups excluding carboxylic acids is 1. The Morgan fingerprint density at radius 1 is 1.12 bits per heavy atom. The molecular weight excluding hydrogens is 383 g/mol. The summed E-state index contributed by atoms with van der Waals surface area (Å²) in [4.78, 5) is 16.6. The van der Waals surface area contributed by atoms with Gasteiger partial charge in [-0.15, -0.1) is 0 Å². The molecule has 0 aliphatic rings. The second-order valence-corrected chi connectivity index (χ2v) is 6.61. The van der Waals surface area contributed by atoms with Crippen LogP contribution in [0.3, 0.4) is 0 Å². The number of benzene rings is 2. The number of amides is 1. The van der Waals surface area contributed by atoms with E-state index >= 15 is 0 Å². The number of aromatic nitrogens is 1. The average molecular weight is 396 g/mol. The molecule has 2 aromatic carbocycles. The summed E-state index contributed by atoms with van der Waals surface area (Å²) >= 11 is 18.0. The van der Waals surface area contributed by atoms with Gasteiger partial charge in [-0.3, -0.25) is 4.79 Å². The number of para-hydroxylation sites is 1. The minimum absolute atomic E-state index is 0.204. The third-order valence-electron chi connectivity index (χ3n) is 3.45. The maximum atomic E-state index is 12.2. The molecule has 7 heteroatoms. The molecule has 1 amide bonds. The zero-order chi connectivity index (χ0) is 18.0. The fourth-order valence-corrected chi connectivity index (χ4v) is 3.23. The predicted molar refractivity (Wildman–Crippen MR) is 102 cm³/mol. The van der Waals surface area contributed by atoms with Crippen molar-refractivity contribution in [3.63, 3.8) is 0 Å². The third-order valence-corrected chi connectivity index (χ3v) is 4.27. The zero-order valence-corrected chi connectivity index (χ0v) is 15.4. The molecule has 0 aliphatic heterocycles. The van der Waals surface area contributed by atoms with Crippen molar-refractivity contribution in [1.29, 1.82) is 0 Å². The van der Waals surface area contributed by atoms with Gasteiger partial charge in [0.1, 0.15) is 11.3 Å². The molecule has 0 spiro atoms. The molecule has 25 heavy (non-hydrogen) atoms. The highest BCUT2D eigenvalue weighted by atomic mass is 35.5. The molecule has 0 fully saturated rings. The molecule has 3 aromatic rings. The molecule has 4 nitrogen and oxygen atoms in total. The number of halogens is 3. The van der Waals surface area contributed by atoms with Crippen molar-refractivity contribution in [1.82, 2.24) is 4.98 Å². The van der Waals surface area contributed by atoms with Crippen LogP contribution < -0.4 is 10.1 Å². The summed E-state index contributed by atoms with van der Waals surface area (Å²) in [5.41, 5.74) is 1.87. The van der Waals surface area contributed by atoms with Crippen LogP contribution in [0.1, 0.15) is 5.69 Å². The number of anilines is 1. The number of nitrogens with zero attached hydrogens (tertiary/aromatic N) is 1. The van der Waals surface area contributed by atoms with Crippen LogP contribution in [0.4, 0.5) is 5.69 Å². The number of hydrogen-bond acceptors (Lipinski definition) is 3. The summed E-state index contributed by atoms with van der Waals surface area (Å²) in [6, 6.07) is 12.4. The Bertz CT molecular complexity index is 937. The van der Waals surface area contributed by atoms with E-state index < -0.39 is 5.91 Å². The van der Waals surface area contributed by atoms with Gasteiger partial charge in [-0.1, -0.05) is 53.0 Å². The number of aryl methyl sites for hydroxylation is 1. The maximum Gasteiger partial charge on any atom is 0.262 e. The van der Waals surface area contributed by atoms with Crippen LogP contribution in [0.25, 0.3) is 10.9 Å². The standard InChI is InChI=1S/C18H13Cl3N2O2/c1-10-5-6-11-3-2-4-15(17(11)22-10)25-9-16(24)23-18-13(20)7-12(19)8-14(18)21/h2-8H,9H2,1H3,(H,23,24). The van der Waals surface area contributed by atoms with Gasteiger partial charge in [0.05, 0.1) is 15.7 Å². The summed E-state index contributed by atoms with van der Waals surface area (Å²) in [6.07, 6.45) is 0. The second-order valence-electron chi connectivity index (χ2n) is 5.36. The number of ether oxygens (including phenoxy) is 1. The van der Waals surface area contributed by atoms with Gasteiger partial charge < -0.3 is 10.1 Å². The molecule has 1 N–H and O–H groups in total. The van der Waals surface area contributed by atoms with Crippen molar-refractivity contribution < 1.29 is 9.53 Å². The molecule has 0 bridgehead atoms. The molecule has 0 aliphatic carbocycles. The molecule has 1 aromatic heterocycles. The van der Waals surface area contributed by atoms with Gasteiger partial charge in [0.2, 0.25) is 0 Å². The van der Waals surface area contributed by atoms with Crippen LogP contribution in [0, 0.1) is 6.92 Å². The Morgan fingerprint density at radius 2 is 1.84 bits per heavy atom. The summed E-state index contributed by atoms with van der Waals surface area (Å²) in [5.74, 6) is 0.139. The van der Waals surface area contributed by atoms with E-state index in [0.717, 1.165) is 11.1 Å². The van der Waals surface area contributed by atoms with Crippen LogP contribution in [0.15, 0.2) is 42.5 Å². The number of pyridine rings is 1. The zero-order valence-electron chi connectivity index (χ0n) is 13.1. The monoisotopic (exact) mass is 394 g/mol. The lowest BCUT2D eigenvalue weighted by atomic mass is 10.2. The molecular formula is C18H13Cl3N2O2. The lowest BCUT2D eigenvalue weighted by Crippen LogP contribution is -2.20. The molecule has 3 rings (SSSR count). The largest absolute Gasteiger partial charge is 0.481 e. The van der Waals surface area contributed by atoms with E-state index in [1.54, 1.807) is 6.07 Å². The number of nitrogens with one attached hydrogen (secondary N) is 1. The van der Waals surface area contributed by atoms with E-state index in [0.29, 0.717) is 22.0 Å². The molecule has 0 saturated carbocycles. The molecule has 0 unspecified atom stereocenters. The normalized spacial score (nSPS) is 10.7. The fraction of sp³-hybridized carbons (Fsp3) is 0.111. The van der Waals surface area contributed by atoms with Crippen molar-refractivity contribution in [2.75, 3.05) is 11.9 Å². The first-order chi connectivity index (χ1) is 11.9. The van der Waals surface area contributed by atoms with Crippen molar-refractivity contribution in [3.05, 3.63) is 63.2 Å². The molecule has 0 radical (unpaired) electrons. The van der Waals surface area contributed by atoms with E-state index in [2.05, 4.69) is 10.3 Å². The number of fused-ring (bicyclic) bond motifs is 1. The van der Waals surface area contributed by atoms with Gasteiger partial charge in [0.15, 0.2) is 6.61 Å². The Kier molecular flexibility index (Phi) is 5.33. The maximum absolute atomic E-state index is 12.2. The summed E-state index contributed by atoms with van der Waals surface area (Å²) in [7, 11) is 0. The predicted octanol–water partition coefficient (Wildman–Crippen LogP) is 5.52. The van der Waals surface area contributed by atoms with Crippen LogP contribution in [-0.2, 0) is 4.79 Å². The lowest BCUT2D eigenvalue weighted by molar-refractivity contribution is -0.118. The number of hydrogen-bond donors (Lipinski definition) is 1. The van der Waals surface area contributed by atoms with Crippen molar-refractivity contribution in [2.45, 2.75) is 6.92 Å². The summed E-state index contributed by atoms with van der Waals surface area (Å²) in [5, 5.41) is 4.47. The van der Waals surface area contributed by atoms with Crippen molar-refractivity contribution >= 4 is 57.3 Å². The van der Waals surface area contributed by atoms with E-state index in [9.17, 15) is 4.79 Å². The highest BCUT2D eigenvalue weighted by Crippen LogP contribution is 2.33. The van der Waals surface area contributed by atoms with Gasteiger partial charge in [0, 0.05) is 16.1 Å². The summed E-state index contributed by atoms with van der Waals surface area (Å²) in [6.45, 7) is 1.69. The van der Waals surface area contributed by atoms with Crippen molar-refractivity contribution in [3.8, 4) is 5.75 Å². The first-order valence-corrected chi connectivity index (χ1v) is 8.51. The molecule has 1 heterocycles. The van der Waals surface area contributed by atoms with E-state index in [1.807, 2.05) is 31.2 Å². The van der Waals surface area contributed by atoms with Crippen LogP contribution in [0.2, 0.25) is 15.1 Å². The lowest BCUT2D eigenvalue weighted by Gasteiger charge is -2.12. The minimum Gasteiger partial charge on any atom is -0.481 e. The van der Waals surface area contributed by atoms with Gasteiger partial charge >= 0.3 is 0 Å². The quantitative estimate of drug-likeness (QED) is 0.632. The van der Waals surface area contributed by atoms with Crippen LogP contribution in [-0.4, -0.2) is 17.5 Å². The van der Waals surface area contributed by atoms with E-state index in [1.165, 1.54) is 12.1 Å². The fourth-order valence-electron chi connectivity index (χ4n) is 2.31. The molecule has 0 saturated heterocycles. The van der Waals surface area contributed by atoms with Crippen molar-refractivity contribution in [2.24, 2.45) is 0 Å². The van der Waals surface area contributed by atoms with Gasteiger partial charge in [0.25, 0.3) is 5.91 Å².